The summed E-state index contributed by atoms with van der Waals surface area (Å²) in [6.45, 7) is 3.84. The van der Waals surface area contributed by atoms with Crippen molar-refractivity contribution in [3.8, 4) is 11.1 Å². The van der Waals surface area contributed by atoms with Gasteiger partial charge in [-0.15, -0.1) is 11.3 Å². The van der Waals surface area contributed by atoms with Gasteiger partial charge in [-0.05, 0) is 48.7 Å². The lowest BCUT2D eigenvalue weighted by atomic mass is 10.1. The van der Waals surface area contributed by atoms with E-state index in [2.05, 4.69) is 10.3 Å². The summed E-state index contributed by atoms with van der Waals surface area (Å²) in [6, 6.07) is 13.0. The molecule has 0 aliphatic carbocycles. The molecule has 29 heavy (non-hydrogen) atoms. The highest BCUT2D eigenvalue weighted by Crippen LogP contribution is 2.31. The second-order valence-electron chi connectivity index (χ2n) is 6.81. The molecule has 5 nitrogen and oxygen atoms in total. The predicted molar refractivity (Wildman–Crippen MR) is 119 cm³/mol. The van der Waals surface area contributed by atoms with E-state index >= 15 is 0 Å². The van der Waals surface area contributed by atoms with Gasteiger partial charge >= 0.3 is 0 Å². The SMILES string of the molecule is Cc1cccc(NC(=O)Cn2cnc3scc(-c4ccc(Cl)cc4)c3c2=O)c1C. The number of aromatic nitrogens is 2. The number of nitrogens with zero attached hydrogens (tertiary/aromatic N) is 2. The average molecular weight is 424 g/mol. The average Bonchev–Trinajstić information content (AvgIpc) is 3.13. The van der Waals surface area contributed by atoms with Crippen molar-refractivity contribution >= 4 is 44.7 Å². The van der Waals surface area contributed by atoms with E-state index in [9.17, 15) is 9.59 Å². The summed E-state index contributed by atoms with van der Waals surface area (Å²) in [5, 5.41) is 5.93. The number of fused-ring (bicyclic) bond motifs is 1. The lowest BCUT2D eigenvalue weighted by molar-refractivity contribution is -0.116. The van der Waals surface area contributed by atoms with E-state index < -0.39 is 0 Å². The van der Waals surface area contributed by atoms with Crippen LogP contribution < -0.4 is 10.9 Å². The number of hydrogen-bond donors (Lipinski definition) is 1. The molecule has 7 heteroatoms. The fraction of sp³-hybridized carbons (Fsp3) is 0.136. The van der Waals surface area contributed by atoms with Gasteiger partial charge in [0.1, 0.15) is 11.4 Å². The van der Waals surface area contributed by atoms with Gasteiger partial charge in [0.15, 0.2) is 0 Å². The lowest BCUT2D eigenvalue weighted by Crippen LogP contribution is -2.28. The Bertz CT molecular complexity index is 1280. The van der Waals surface area contributed by atoms with Crippen molar-refractivity contribution in [2.75, 3.05) is 5.32 Å². The first-order valence-electron chi connectivity index (χ1n) is 9.02. The molecule has 1 N–H and O–H groups in total. The Morgan fingerprint density at radius 3 is 2.69 bits per heavy atom. The van der Waals surface area contributed by atoms with Gasteiger partial charge in [0, 0.05) is 21.7 Å². The molecule has 4 aromatic rings. The second kappa shape index (κ2) is 7.81. The maximum atomic E-state index is 13.1. The van der Waals surface area contributed by atoms with Crippen molar-refractivity contribution in [1.29, 1.82) is 0 Å². The lowest BCUT2D eigenvalue weighted by Gasteiger charge is -2.11. The Hall–Kier alpha value is -2.96. The van der Waals surface area contributed by atoms with E-state index in [0.717, 1.165) is 27.9 Å². The Morgan fingerprint density at radius 1 is 1.17 bits per heavy atom. The van der Waals surface area contributed by atoms with Crippen LogP contribution in [0.2, 0.25) is 5.02 Å². The number of thiophene rings is 1. The van der Waals surface area contributed by atoms with E-state index in [1.54, 1.807) is 12.1 Å². The number of nitrogens with one attached hydrogen (secondary N) is 1. The van der Waals surface area contributed by atoms with Gasteiger partial charge < -0.3 is 5.32 Å². The van der Waals surface area contributed by atoms with E-state index in [0.29, 0.717) is 15.2 Å². The van der Waals surface area contributed by atoms with Gasteiger partial charge in [-0.2, -0.15) is 0 Å². The quantitative estimate of drug-likeness (QED) is 0.500. The first kappa shape index (κ1) is 19.4. The number of anilines is 1. The first-order valence-corrected chi connectivity index (χ1v) is 10.3. The van der Waals surface area contributed by atoms with Gasteiger partial charge in [0.05, 0.1) is 11.7 Å². The van der Waals surface area contributed by atoms with Crippen LogP contribution in [0.15, 0.2) is 59.0 Å². The summed E-state index contributed by atoms with van der Waals surface area (Å²) in [6.07, 6.45) is 1.43. The molecule has 2 heterocycles. The fourth-order valence-corrected chi connectivity index (χ4v) is 4.19. The minimum Gasteiger partial charge on any atom is -0.324 e. The third-order valence-corrected chi connectivity index (χ3v) is 6.05. The van der Waals surface area contributed by atoms with Crippen LogP contribution in [-0.4, -0.2) is 15.5 Å². The highest BCUT2D eigenvalue weighted by molar-refractivity contribution is 7.17. The second-order valence-corrected chi connectivity index (χ2v) is 8.10. The van der Waals surface area contributed by atoms with Crippen LogP contribution >= 0.6 is 22.9 Å². The molecule has 146 valence electrons. The molecule has 0 radical (unpaired) electrons. The number of hydrogen-bond acceptors (Lipinski definition) is 4. The molecular weight excluding hydrogens is 406 g/mol. The Morgan fingerprint density at radius 2 is 1.93 bits per heavy atom. The van der Waals surface area contributed by atoms with Crippen molar-refractivity contribution < 1.29 is 4.79 Å². The number of halogens is 1. The standard InChI is InChI=1S/C22H18ClN3O2S/c1-13-4-3-5-18(14(13)2)25-19(27)10-26-12-24-21-20(22(26)28)17(11-29-21)15-6-8-16(23)9-7-15/h3-9,11-12H,10H2,1-2H3,(H,25,27). The summed E-state index contributed by atoms with van der Waals surface area (Å²) in [5.41, 5.74) is 4.28. The monoisotopic (exact) mass is 423 g/mol. The van der Waals surface area contributed by atoms with Gasteiger partial charge in [-0.1, -0.05) is 35.9 Å². The predicted octanol–water partition coefficient (Wildman–Crippen LogP) is 5.03. The molecule has 0 saturated heterocycles. The van der Waals surface area contributed by atoms with Crippen molar-refractivity contribution in [3.05, 3.63) is 80.7 Å². The van der Waals surface area contributed by atoms with Crippen LogP contribution in [-0.2, 0) is 11.3 Å². The smallest absolute Gasteiger partial charge is 0.263 e. The minimum atomic E-state index is -0.273. The maximum Gasteiger partial charge on any atom is 0.263 e. The summed E-state index contributed by atoms with van der Waals surface area (Å²) >= 11 is 7.38. The number of amides is 1. The van der Waals surface area contributed by atoms with Crippen molar-refractivity contribution in [3.63, 3.8) is 0 Å². The molecular formula is C22H18ClN3O2S. The number of carbonyl (C=O) groups is 1. The van der Waals surface area contributed by atoms with Gasteiger partial charge in [-0.3, -0.25) is 14.2 Å². The van der Waals surface area contributed by atoms with Crippen molar-refractivity contribution in [2.24, 2.45) is 0 Å². The van der Waals surface area contributed by atoms with Crippen LogP contribution in [0.3, 0.4) is 0 Å². The van der Waals surface area contributed by atoms with Crippen LogP contribution in [0.25, 0.3) is 21.3 Å². The van der Waals surface area contributed by atoms with Crippen LogP contribution in [0.1, 0.15) is 11.1 Å². The summed E-state index contributed by atoms with van der Waals surface area (Å²) in [7, 11) is 0. The van der Waals surface area contributed by atoms with E-state index in [1.807, 2.05) is 49.6 Å². The zero-order chi connectivity index (χ0) is 20.5. The first-order chi connectivity index (χ1) is 13.9. The fourth-order valence-electron chi connectivity index (χ4n) is 3.15. The summed E-state index contributed by atoms with van der Waals surface area (Å²) in [5.74, 6) is -0.273. The van der Waals surface area contributed by atoms with E-state index in [1.165, 1.54) is 22.2 Å². The molecule has 2 aromatic heterocycles. The zero-order valence-electron chi connectivity index (χ0n) is 15.9. The molecule has 0 fully saturated rings. The molecule has 0 spiro atoms. The Kier molecular flexibility index (Phi) is 5.22. The third-order valence-electron chi connectivity index (χ3n) is 4.91. The third kappa shape index (κ3) is 3.81. The van der Waals surface area contributed by atoms with Gasteiger partial charge in [0.25, 0.3) is 5.56 Å². The molecule has 0 bridgehead atoms. The molecule has 1 amide bonds. The summed E-state index contributed by atoms with van der Waals surface area (Å²) < 4.78 is 1.34. The molecule has 4 rings (SSSR count). The molecule has 0 unspecified atom stereocenters. The number of rotatable bonds is 4. The molecule has 0 atom stereocenters. The molecule has 0 saturated carbocycles. The molecule has 2 aromatic carbocycles. The molecule has 0 aliphatic heterocycles. The van der Waals surface area contributed by atoms with Gasteiger partial charge in [0.2, 0.25) is 5.91 Å². The highest BCUT2D eigenvalue weighted by atomic mass is 35.5. The van der Waals surface area contributed by atoms with Crippen molar-refractivity contribution in [2.45, 2.75) is 20.4 Å². The van der Waals surface area contributed by atoms with Crippen LogP contribution in [0, 0.1) is 13.8 Å². The topological polar surface area (TPSA) is 64.0 Å². The zero-order valence-corrected chi connectivity index (χ0v) is 17.5. The normalized spacial score (nSPS) is 11.0. The Labute approximate surface area is 176 Å². The number of carbonyl (C=O) groups excluding carboxylic acids is 1. The van der Waals surface area contributed by atoms with Gasteiger partial charge in [-0.25, -0.2) is 4.98 Å². The number of aryl methyl sites for hydroxylation is 1. The van der Waals surface area contributed by atoms with Crippen LogP contribution in [0.4, 0.5) is 5.69 Å². The van der Waals surface area contributed by atoms with E-state index in [4.69, 9.17) is 11.6 Å². The maximum absolute atomic E-state index is 13.1. The summed E-state index contributed by atoms with van der Waals surface area (Å²) in [4.78, 5) is 30.7. The molecule has 0 aliphatic rings. The highest BCUT2D eigenvalue weighted by Gasteiger charge is 2.15. The largest absolute Gasteiger partial charge is 0.324 e. The Balaban J connectivity index is 1.66. The van der Waals surface area contributed by atoms with Crippen molar-refractivity contribution in [1.82, 2.24) is 9.55 Å². The van der Waals surface area contributed by atoms with Crippen LogP contribution in [0.5, 0.6) is 0 Å². The minimum absolute atomic E-state index is 0.106. The number of benzene rings is 2. The van der Waals surface area contributed by atoms with E-state index in [-0.39, 0.29) is 18.0 Å².